The van der Waals surface area contributed by atoms with Gasteiger partial charge in [-0.2, -0.15) is 5.26 Å². The molecule has 4 rings (SSSR count). The standard InChI is InChI=1S/C22H27NO3/c1-3-13-10-14-11-15(24)4-5-16(14)17-6-7-21(2)18(20(13)17)12-19(25)22(21,26)8-9-23/h3-5,11,13,17-20,24-26H,1,6-8,10,12H2,2H3/t13-,17-,18+,19-,20-,21+,22+/m1/s1. The fourth-order valence-electron chi connectivity index (χ4n) is 6.47. The molecule has 2 fully saturated rings. The predicted molar refractivity (Wildman–Crippen MR) is 98.4 cm³/mol. The zero-order chi connectivity index (χ0) is 18.7. The summed E-state index contributed by atoms with van der Waals surface area (Å²) in [4.78, 5) is 0. The molecule has 3 aliphatic rings. The Labute approximate surface area is 154 Å². The zero-order valence-corrected chi connectivity index (χ0v) is 15.2. The second-order valence-electron chi connectivity index (χ2n) is 8.74. The highest BCUT2D eigenvalue weighted by Crippen LogP contribution is 2.66. The van der Waals surface area contributed by atoms with E-state index in [0.717, 1.165) is 19.3 Å². The van der Waals surface area contributed by atoms with Crippen LogP contribution in [0.3, 0.4) is 0 Å². The lowest BCUT2D eigenvalue weighted by Crippen LogP contribution is -2.54. The number of hydrogen-bond donors (Lipinski definition) is 3. The van der Waals surface area contributed by atoms with Gasteiger partial charge in [-0.15, -0.1) is 6.58 Å². The highest BCUT2D eigenvalue weighted by Gasteiger charge is 2.66. The third-order valence-electron chi connectivity index (χ3n) is 7.87. The fraction of sp³-hybridized carbons (Fsp3) is 0.591. The Kier molecular flexibility index (Phi) is 3.95. The van der Waals surface area contributed by atoms with Crippen molar-refractivity contribution in [2.45, 2.75) is 56.7 Å². The molecule has 7 atom stereocenters. The van der Waals surface area contributed by atoms with Gasteiger partial charge in [0.05, 0.1) is 18.6 Å². The number of fused-ring (bicyclic) bond motifs is 5. The highest BCUT2D eigenvalue weighted by molar-refractivity contribution is 5.41. The molecule has 0 amide bonds. The molecule has 4 nitrogen and oxygen atoms in total. The van der Waals surface area contributed by atoms with Crippen LogP contribution in [0.25, 0.3) is 0 Å². The first-order chi connectivity index (χ1) is 12.4. The van der Waals surface area contributed by atoms with Crippen LogP contribution in [0.15, 0.2) is 30.9 Å². The minimum absolute atomic E-state index is 0.0260. The SMILES string of the molecule is C=C[C@@H]1Cc2cc(O)ccc2[C@H]2CC[C@@]3(C)[C@@H](C[C@@H](O)[C@@]3(O)CC#N)[C@H]12. The lowest BCUT2D eigenvalue weighted by Gasteiger charge is -2.54. The number of phenolic OH excluding ortho intramolecular Hbond substituents is 1. The minimum Gasteiger partial charge on any atom is -0.508 e. The topological polar surface area (TPSA) is 84.5 Å². The van der Waals surface area contributed by atoms with E-state index in [9.17, 15) is 20.6 Å². The number of nitrogens with zero attached hydrogens (tertiary/aromatic N) is 1. The summed E-state index contributed by atoms with van der Waals surface area (Å²) in [5, 5.41) is 41.1. The molecule has 1 aromatic rings. The van der Waals surface area contributed by atoms with E-state index < -0.39 is 17.1 Å². The number of aromatic hydroxyl groups is 1. The number of allylic oxidation sites excluding steroid dienone is 1. The maximum atomic E-state index is 11.3. The van der Waals surface area contributed by atoms with Crippen LogP contribution in [0.1, 0.15) is 49.7 Å². The number of benzene rings is 1. The normalized spacial score (nSPS) is 43.7. The van der Waals surface area contributed by atoms with Gasteiger partial charge in [0.15, 0.2) is 0 Å². The number of phenols is 1. The zero-order valence-electron chi connectivity index (χ0n) is 15.2. The van der Waals surface area contributed by atoms with E-state index in [4.69, 9.17) is 0 Å². The van der Waals surface area contributed by atoms with Gasteiger partial charge in [0, 0.05) is 5.41 Å². The summed E-state index contributed by atoms with van der Waals surface area (Å²) in [6.07, 6.45) is 4.19. The monoisotopic (exact) mass is 353 g/mol. The van der Waals surface area contributed by atoms with Crippen molar-refractivity contribution in [3.63, 3.8) is 0 Å². The number of rotatable bonds is 2. The third kappa shape index (κ3) is 2.14. The van der Waals surface area contributed by atoms with Crippen molar-refractivity contribution < 1.29 is 15.3 Å². The van der Waals surface area contributed by atoms with E-state index in [0.29, 0.717) is 24.0 Å². The second-order valence-corrected chi connectivity index (χ2v) is 8.74. The van der Waals surface area contributed by atoms with Gasteiger partial charge >= 0.3 is 0 Å². The lowest BCUT2D eigenvalue weighted by atomic mass is 9.50. The van der Waals surface area contributed by atoms with E-state index in [-0.39, 0.29) is 18.3 Å². The van der Waals surface area contributed by atoms with Gasteiger partial charge < -0.3 is 15.3 Å². The maximum Gasteiger partial charge on any atom is 0.115 e. The summed E-state index contributed by atoms with van der Waals surface area (Å²) in [5.41, 5.74) is 0.681. The summed E-state index contributed by atoms with van der Waals surface area (Å²) in [6.45, 7) is 6.12. The number of aliphatic hydroxyl groups excluding tert-OH is 1. The number of hydrogen-bond acceptors (Lipinski definition) is 4. The van der Waals surface area contributed by atoms with Gasteiger partial charge in [0.1, 0.15) is 11.4 Å². The van der Waals surface area contributed by atoms with Crippen molar-refractivity contribution in [1.82, 2.24) is 0 Å². The van der Waals surface area contributed by atoms with E-state index in [1.165, 1.54) is 11.1 Å². The van der Waals surface area contributed by atoms with Gasteiger partial charge in [0.2, 0.25) is 0 Å². The molecule has 138 valence electrons. The van der Waals surface area contributed by atoms with Gasteiger partial charge in [0.25, 0.3) is 0 Å². The van der Waals surface area contributed by atoms with Crippen LogP contribution < -0.4 is 0 Å². The quantitative estimate of drug-likeness (QED) is 0.713. The average molecular weight is 353 g/mol. The second kappa shape index (κ2) is 5.84. The summed E-state index contributed by atoms with van der Waals surface area (Å²) in [5.74, 6) is 1.34. The molecule has 0 radical (unpaired) electrons. The van der Waals surface area contributed by atoms with Crippen molar-refractivity contribution in [2.24, 2.45) is 23.2 Å². The molecule has 0 spiro atoms. The Morgan fingerprint density at radius 1 is 1.42 bits per heavy atom. The first kappa shape index (κ1) is 17.6. The average Bonchev–Trinajstić information content (AvgIpc) is 2.81. The molecule has 1 aromatic carbocycles. The molecule has 4 heteroatoms. The van der Waals surface area contributed by atoms with E-state index in [1.54, 1.807) is 6.07 Å². The highest BCUT2D eigenvalue weighted by atomic mass is 16.3. The van der Waals surface area contributed by atoms with Crippen molar-refractivity contribution in [3.8, 4) is 11.8 Å². The van der Waals surface area contributed by atoms with Crippen molar-refractivity contribution >= 4 is 0 Å². The van der Waals surface area contributed by atoms with Crippen molar-refractivity contribution in [3.05, 3.63) is 42.0 Å². The maximum absolute atomic E-state index is 11.3. The number of nitriles is 1. The van der Waals surface area contributed by atoms with Gasteiger partial charge in [-0.25, -0.2) is 0 Å². The smallest absolute Gasteiger partial charge is 0.115 e. The van der Waals surface area contributed by atoms with Gasteiger partial charge in [-0.1, -0.05) is 19.1 Å². The Bertz CT molecular complexity index is 784. The van der Waals surface area contributed by atoms with Crippen LogP contribution in [0.4, 0.5) is 0 Å². The first-order valence-corrected chi connectivity index (χ1v) is 9.57. The van der Waals surface area contributed by atoms with Crippen LogP contribution >= 0.6 is 0 Å². The number of aliphatic hydroxyl groups is 2. The lowest BCUT2D eigenvalue weighted by molar-refractivity contribution is -0.140. The van der Waals surface area contributed by atoms with Crippen LogP contribution in [0.2, 0.25) is 0 Å². The molecule has 2 saturated carbocycles. The Hall–Kier alpha value is -1.83. The summed E-state index contributed by atoms with van der Waals surface area (Å²) >= 11 is 0. The summed E-state index contributed by atoms with van der Waals surface area (Å²) < 4.78 is 0. The molecule has 0 unspecified atom stereocenters. The molecule has 0 bridgehead atoms. The van der Waals surface area contributed by atoms with Crippen LogP contribution in [0.5, 0.6) is 5.75 Å². The largest absolute Gasteiger partial charge is 0.508 e. The van der Waals surface area contributed by atoms with E-state index in [2.05, 4.69) is 19.6 Å². The van der Waals surface area contributed by atoms with Crippen LogP contribution in [-0.2, 0) is 6.42 Å². The van der Waals surface area contributed by atoms with Crippen molar-refractivity contribution in [2.75, 3.05) is 0 Å². The van der Waals surface area contributed by atoms with Gasteiger partial charge in [-0.3, -0.25) is 0 Å². The minimum atomic E-state index is -1.33. The Morgan fingerprint density at radius 3 is 2.88 bits per heavy atom. The van der Waals surface area contributed by atoms with Gasteiger partial charge in [-0.05, 0) is 72.6 Å². The van der Waals surface area contributed by atoms with Crippen molar-refractivity contribution in [1.29, 1.82) is 5.26 Å². The molecule has 3 aliphatic carbocycles. The van der Waals surface area contributed by atoms with E-state index >= 15 is 0 Å². The Balaban J connectivity index is 1.79. The third-order valence-corrected chi connectivity index (χ3v) is 7.87. The summed E-state index contributed by atoms with van der Waals surface area (Å²) in [7, 11) is 0. The molecule has 3 N–H and O–H groups in total. The molecular formula is C22H27NO3. The van der Waals surface area contributed by atoms with E-state index in [1.807, 2.05) is 18.2 Å². The molecule has 0 heterocycles. The first-order valence-electron chi connectivity index (χ1n) is 9.57. The van der Waals surface area contributed by atoms with Crippen LogP contribution in [-0.4, -0.2) is 27.0 Å². The Morgan fingerprint density at radius 2 is 2.19 bits per heavy atom. The fourth-order valence-corrected chi connectivity index (χ4v) is 6.47. The van der Waals surface area contributed by atoms with Crippen LogP contribution in [0, 0.1) is 34.5 Å². The molecular weight excluding hydrogens is 326 g/mol. The molecule has 0 aromatic heterocycles. The predicted octanol–water partition coefficient (Wildman–Crippen LogP) is 3.28. The summed E-state index contributed by atoms with van der Waals surface area (Å²) in [6, 6.07) is 7.76. The molecule has 0 saturated heterocycles. The molecule has 26 heavy (non-hydrogen) atoms. The molecule has 0 aliphatic heterocycles.